The summed E-state index contributed by atoms with van der Waals surface area (Å²) in [5, 5.41) is 0. The molecule has 0 radical (unpaired) electrons. The molecule has 2 nitrogen and oxygen atoms in total. The molecule has 1 saturated heterocycles. The molecule has 0 aromatic rings. The molecule has 0 N–H and O–H groups in total. The normalized spacial score (nSPS) is 19.8. The van der Waals surface area contributed by atoms with Crippen LogP contribution in [0.2, 0.25) is 0 Å². The van der Waals surface area contributed by atoms with Gasteiger partial charge < -0.3 is 9.64 Å². The predicted molar refractivity (Wildman–Crippen MR) is 82.6 cm³/mol. The molecule has 1 unspecified atom stereocenters. The van der Waals surface area contributed by atoms with Gasteiger partial charge in [0.1, 0.15) is 0 Å². The van der Waals surface area contributed by atoms with Crippen molar-refractivity contribution in [2.75, 3.05) is 32.5 Å². The number of hydrogen-bond donors (Lipinski definition) is 1. The fourth-order valence-electron chi connectivity index (χ4n) is 2.60. The molecule has 0 aliphatic carbocycles. The Bertz CT molecular complexity index is 183. The van der Waals surface area contributed by atoms with Gasteiger partial charge >= 0.3 is 0 Å². The third-order valence-corrected chi connectivity index (χ3v) is 4.05. The topological polar surface area (TPSA) is 12.5 Å². The number of hydrogen-bond acceptors (Lipinski definition) is 3. The number of thiol groups is 1. The zero-order valence-electron chi connectivity index (χ0n) is 12.1. The highest BCUT2D eigenvalue weighted by Gasteiger charge is 2.16. The molecule has 1 atom stereocenters. The largest absolute Gasteiger partial charge is 0.377 e. The maximum atomic E-state index is 5.66. The van der Waals surface area contributed by atoms with Crippen LogP contribution in [0.3, 0.4) is 0 Å². The van der Waals surface area contributed by atoms with Crippen molar-refractivity contribution in [1.29, 1.82) is 0 Å². The number of unbranched alkanes of at least 4 members (excludes halogenated alkanes) is 6. The molecule has 0 spiro atoms. The van der Waals surface area contributed by atoms with Crippen molar-refractivity contribution in [1.82, 2.24) is 4.90 Å². The highest BCUT2D eigenvalue weighted by atomic mass is 32.1. The molecule has 1 heterocycles. The lowest BCUT2D eigenvalue weighted by molar-refractivity contribution is 0.0807. The van der Waals surface area contributed by atoms with Crippen molar-refractivity contribution in [3.8, 4) is 0 Å². The van der Waals surface area contributed by atoms with E-state index in [1.54, 1.807) is 0 Å². The van der Waals surface area contributed by atoms with Crippen LogP contribution in [0.25, 0.3) is 0 Å². The van der Waals surface area contributed by atoms with Gasteiger partial charge in [0.05, 0.1) is 6.10 Å². The minimum Gasteiger partial charge on any atom is -0.377 e. The Morgan fingerprint density at radius 1 is 1.06 bits per heavy atom. The van der Waals surface area contributed by atoms with Gasteiger partial charge in [-0.15, -0.1) is 0 Å². The first kappa shape index (κ1) is 16.3. The van der Waals surface area contributed by atoms with E-state index in [1.165, 1.54) is 64.3 Å². The van der Waals surface area contributed by atoms with E-state index in [2.05, 4.69) is 24.6 Å². The van der Waals surface area contributed by atoms with Crippen LogP contribution in [-0.4, -0.2) is 43.5 Å². The Morgan fingerprint density at radius 3 is 2.33 bits per heavy atom. The minimum absolute atomic E-state index is 0.510. The van der Waals surface area contributed by atoms with Crippen LogP contribution in [0.1, 0.15) is 57.8 Å². The lowest BCUT2D eigenvalue weighted by atomic mass is 10.1. The second-order valence-electron chi connectivity index (χ2n) is 5.60. The molecule has 0 aromatic heterocycles. The third kappa shape index (κ3) is 8.39. The zero-order chi connectivity index (χ0) is 13.1. The van der Waals surface area contributed by atoms with Gasteiger partial charge in [-0.1, -0.05) is 32.1 Å². The molecule has 108 valence electrons. The Labute approximate surface area is 119 Å². The summed E-state index contributed by atoms with van der Waals surface area (Å²) in [4.78, 5) is 2.44. The highest BCUT2D eigenvalue weighted by molar-refractivity contribution is 7.80. The second kappa shape index (κ2) is 11.1. The van der Waals surface area contributed by atoms with Crippen LogP contribution < -0.4 is 0 Å². The van der Waals surface area contributed by atoms with E-state index in [0.717, 1.165) is 18.9 Å². The maximum Gasteiger partial charge on any atom is 0.0702 e. The van der Waals surface area contributed by atoms with Crippen LogP contribution in [0.15, 0.2) is 0 Å². The van der Waals surface area contributed by atoms with E-state index >= 15 is 0 Å². The molecular formula is C15H31NOS. The van der Waals surface area contributed by atoms with Gasteiger partial charge in [0, 0.05) is 13.2 Å². The van der Waals surface area contributed by atoms with E-state index in [4.69, 9.17) is 4.74 Å². The van der Waals surface area contributed by atoms with E-state index in [-0.39, 0.29) is 0 Å². The molecular weight excluding hydrogens is 242 g/mol. The van der Waals surface area contributed by atoms with E-state index in [9.17, 15) is 0 Å². The van der Waals surface area contributed by atoms with Crippen molar-refractivity contribution < 1.29 is 4.74 Å². The van der Waals surface area contributed by atoms with Crippen molar-refractivity contribution >= 4 is 12.6 Å². The maximum absolute atomic E-state index is 5.66. The highest BCUT2D eigenvalue weighted by Crippen LogP contribution is 2.13. The van der Waals surface area contributed by atoms with Crippen molar-refractivity contribution in [2.45, 2.75) is 63.9 Å². The standard InChI is InChI=1S/C15H31NOS/c1-16(14-15-10-9-12-17-15)11-7-5-3-2-4-6-8-13-18/h15,18H,2-14H2,1H3. The average molecular weight is 273 g/mol. The van der Waals surface area contributed by atoms with Crippen LogP contribution in [0.4, 0.5) is 0 Å². The molecule has 0 saturated carbocycles. The van der Waals surface area contributed by atoms with E-state index in [1.807, 2.05) is 0 Å². The molecule has 18 heavy (non-hydrogen) atoms. The lowest BCUT2D eigenvalue weighted by Crippen LogP contribution is -2.29. The number of nitrogens with zero attached hydrogens (tertiary/aromatic N) is 1. The minimum atomic E-state index is 0.510. The molecule has 3 heteroatoms. The van der Waals surface area contributed by atoms with Gasteiger partial charge in [-0.3, -0.25) is 0 Å². The molecule has 1 aliphatic rings. The van der Waals surface area contributed by atoms with Gasteiger partial charge in [0.25, 0.3) is 0 Å². The molecule has 0 aromatic carbocycles. The molecule has 1 aliphatic heterocycles. The van der Waals surface area contributed by atoms with E-state index in [0.29, 0.717) is 6.10 Å². The molecule has 1 fully saturated rings. The number of ether oxygens (including phenoxy) is 1. The quantitative estimate of drug-likeness (QED) is 0.454. The Balaban J connectivity index is 1.81. The SMILES string of the molecule is CN(CCCCCCCCCS)CC1CCCO1. The Morgan fingerprint density at radius 2 is 1.72 bits per heavy atom. The Kier molecular flexibility index (Phi) is 10.1. The molecule has 0 bridgehead atoms. The zero-order valence-corrected chi connectivity index (χ0v) is 13.0. The van der Waals surface area contributed by atoms with Crippen LogP contribution >= 0.6 is 12.6 Å². The number of rotatable bonds is 11. The first-order valence-corrected chi connectivity index (χ1v) is 8.37. The fourth-order valence-corrected chi connectivity index (χ4v) is 2.83. The van der Waals surface area contributed by atoms with Crippen molar-refractivity contribution in [3.63, 3.8) is 0 Å². The van der Waals surface area contributed by atoms with Gasteiger partial charge in [-0.2, -0.15) is 12.6 Å². The molecule has 1 rings (SSSR count). The summed E-state index contributed by atoms with van der Waals surface area (Å²) in [5.41, 5.74) is 0. The van der Waals surface area contributed by atoms with E-state index < -0.39 is 0 Å². The Hall–Kier alpha value is 0.270. The van der Waals surface area contributed by atoms with Gasteiger partial charge in [-0.05, 0) is 45.0 Å². The first-order valence-electron chi connectivity index (χ1n) is 7.74. The van der Waals surface area contributed by atoms with Crippen molar-refractivity contribution in [3.05, 3.63) is 0 Å². The first-order chi connectivity index (χ1) is 8.83. The summed E-state index contributed by atoms with van der Waals surface area (Å²) in [6, 6.07) is 0. The van der Waals surface area contributed by atoms with Crippen LogP contribution in [0, 0.1) is 0 Å². The smallest absolute Gasteiger partial charge is 0.0702 e. The summed E-state index contributed by atoms with van der Waals surface area (Å²) in [6.45, 7) is 3.34. The third-order valence-electron chi connectivity index (χ3n) is 3.74. The molecule has 0 amide bonds. The summed E-state index contributed by atoms with van der Waals surface area (Å²) in [6.07, 6.45) is 12.6. The summed E-state index contributed by atoms with van der Waals surface area (Å²) < 4.78 is 5.66. The lowest BCUT2D eigenvalue weighted by Gasteiger charge is -2.20. The van der Waals surface area contributed by atoms with Crippen molar-refractivity contribution in [2.24, 2.45) is 0 Å². The predicted octanol–water partition coefficient (Wildman–Crippen LogP) is 3.76. The van der Waals surface area contributed by atoms with Crippen LogP contribution in [-0.2, 0) is 4.74 Å². The van der Waals surface area contributed by atoms with Crippen LogP contribution in [0.5, 0.6) is 0 Å². The second-order valence-corrected chi connectivity index (χ2v) is 6.04. The van der Waals surface area contributed by atoms with Gasteiger partial charge in [-0.25, -0.2) is 0 Å². The summed E-state index contributed by atoms with van der Waals surface area (Å²) in [5.74, 6) is 1.05. The number of likely N-dealkylation sites (N-methyl/N-ethyl adjacent to an activating group) is 1. The van der Waals surface area contributed by atoms with Gasteiger partial charge in [0.15, 0.2) is 0 Å². The fraction of sp³-hybridized carbons (Fsp3) is 1.00. The average Bonchev–Trinajstić information content (AvgIpc) is 2.85. The monoisotopic (exact) mass is 273 g/mol. The van der Waals surface area contributed by atoms with Gasteiger partial charge in [0.2, 0.25) is 0 Å². The summed E-state index contributed by atoms with van der Waals surface area (Å²) in [7, 11) is 2.23. The summed E-state index contributed by atoms with van der Waals surface area (Å²) >= 11 is 4.23.